The molecule has 144 valence electrons. The van der Waals surface area contributed by atoms with Crippen molar-refractivity contribution in [2.24, 2.45) is 0 Å². The van der Waals surface area contributed by atoms with Gasteiger partial charge < -0.3 is 15.0 Å². The predicted octanol–water partition coefficient (Wildman–Crippen LogP) is 4.30. The van der Waals surface area contributed by atoms with Gasteiger partial charge in [-0.05, 0) is 48.9 Å². The normalized spacial score (nSPS) is 11.6. The van der Waals surface area contributed by atoms with Crippen molar-refractivity contribution in [2.75, 3.05) is 13.7 Å². The van der Waals surface area contributed by atoms with Gasteiger partial charge in [-0.3, -0.25) is 9.59 Å². The number of rotatable bonds is 7. The van der Waals surface area contributed by atoms with Gasteiger partial charge in [0.2, 0.25) is 5.91 Å². The molecule has 2 amide bonds. The molecule has 0 saturated carbocycles. The van der Waals surface area contributed by atoms with Crippen molar-refractivity contribution in [2.45, 2.75) is 19.5 Å². The summed E-state index contributed by atoms with van der Waals surface area (Å²) >= 11 is 15.3. The lowest BCUT2D eigenvalue weighted by molar-refractivity contribution is -0.142. The van der Waals surface area contributed by atoms with E-state index in [1.807, 2.05) is 12.1 Å². The number of likely N-dealkylation sites (N-methyl/N-ethyl adjacent to an activating group) is 1. The van der Waals surface area contributed by atoms with Crippen molar-refractivity contribution in [1.29, 1.82) is 0 Å². The molecule has 0 saturated heterocycles. The Labute approximate surface area is 176 Å². The quantitative estimate of drug-likeness (QED) is 0.652. The van der Waals surface area contributed by atoms with Crippen LogP contribution in [0.1, 0.15) is 12.5 Å². The van der Waals surface area contributed by atoms with E-state index in [0.717, 1.165) is 10.0 Å². The zero-order valence-electron chi connectivity index (χ0n) is 14.8. The molecule has 0 aliphatic carbocycles. The highest BCUT2D eigenvalue weighted by molar-refractivity contribution is 9.10. The highest BCUT2D eigenvalue weighted by atomic mass is 79.9. The highest BCUT2D eigenvalue weighted by Gasteiger charge is 2.26. The summed E-state index contributed by atoms with van der Waals surface area (Å²) in [5.74, 6) is -0.0271. The van der Waals surface area contributed by atoms with Gasteiger partial charge in [0.25, 0.3) is 5.91 Å². The van der Waals surface area contributed by atoms with E-state index in [1.54, 1.807) is 37.3 Å². The number of carbonyl (C=O) groups is 2. The zero-order chi connectivity index (χ0) is 20.0. The molecule has 2 aromatic carbocycles. The van der Waals surface area contributed by atoms with Gasteiger partial charge in [0.05, 0.1) is 10.0 Å². The smallest absolute Gasteiger partial charge is 0.261 e. The predicted molar refractivity (Wildman–Crippen MR) is 110 cm³/mol. The number of benzene rings is 2. The van der Waals surface area contributed by atoms with E-state index in [0.29, 0.717) is 15.8 Å². The first-order valence-electron chi connectivity index (χ1n) is 8.15. The molecule has 0 unspecified atom stereocenters. The lowest BCUT2D eigenvalue weighted by Gasteiger charge is -2.28. The van der Waals surface area contributed by atoms with Gasteiger partial charge in [0.1, 0.15) is 11.8 Å². The minimum absolute atomic E-state index is 0.190. The van der Waals surface area contributed by atoms with E-state index >= 15 is 0 Å². The van der Waals surface area contributed by atoms with Crippen molar-refractivity contribution < 1.29 is 14.3 Å². The maximum Gasteiger partial charge on any atom is 0.261 e. The summed E-state index contributed by atoms with van der Waals surface area (Å²) in [6.45, 7) is 1.67. The van der Waals surface area contributed by atoms with E-state index in [1.165, 1.54) is 11.9 Å². The molecule has 0 aliphatic heterocycles. The van der Waals surface area contributed by atoms with E-state index in [9.17, 15) is 9.59 Å². The summed E-state index contributed by atoms with van der Waals surface area (Å²) < 4.78 is 6.47. The lowest BCUT2D eigenvalue weighted by atomic mass is 10.1. The molecule has 1 N–H and O–H groups in total. The first kappa shape index (κ1) is 21.5. The van der Waals surface area contributed by atoms with E-state index in [2.05, 4.69) is 21.2 Å². The van der Waals surface area contributed by atoms with Crippen LogP contribution in [0, 0.1) is 0 Å². The molecule has 0 spiro atoms. The Bertz CT molecular complexity index is 815. The van der Waals surface area contributed by atoms with Crippen LogP contribution in [0.15, 0.2) is 46.9 Å². The molecule has 2 aromatic rings. The molecule has 0 heterocycles. The topological polar surface area (TPSA) is 58.6 Å². The van der Waals surface area contributed by atoms with Crippen molar-refractivity contribution >= 4 is 50.9 Å². The monoisotopic (exact) mass is 472 g/mol. The molecule has 5 nitrogen and oxygen atoms in total. The van der Waals surface area contributed by atoms with Gasteiger partial charge in [-0.25, -0.2) is 0 Å². The molecule has 0 radical (unpaired) electrons. The molecule has 0 bridgehead atoms. The first-order chi connectivity index (χ1) is 12.8. The Morgan fingerprint density at radius 1 is 1.15 bits per heavy atom. The van der Waals surface area contributed by atoms with E-state index in [-0.39, 0.29) is 25.0 Å². The number of amides is 2. The van der Waals surface area contributed by atoms with E-state index < -0.39 is 6.04 Å². The molecule has 0 fully saturated rings. The molecule has 0 aliphatic rings. The second kappa shape index (κ2) is 9.97. The SMILES string of the molecule is CNC(=O)[C@H](C)N(Cc1ccc(Cl)c(Cl)c1)C(=O)COc1ccc(Br)cc1. The number of ether oxygens (including phenoxy) is 1. The number of carbonyl (C=O) groups excluding carboxylic acids is 2. The molecule has 2 rings (SSSR count). The maximum atomic E-state index is 12.8. The van der Waals surface area contributed by atoms with Crippen molar-refractivity contribution in [3.8, 4) is 5.75 Å². The summed E-state index contributed by atoms with van der Waals surface area (Å²) in [5, 5.41) is 3.38. The van der Waals surface area contributed by atoms with Gasteiger partial charge in [-0.2, -0.15) is 0 Å². The largest absolute Gasteiger partial charge is 0.484 e. The minimum Gasteiger partial charge on any atom is -0.484 e. The first-order valence-corrected chi connectivity index (χ1v) is 9.70. The molecule has 1 atom stereocenters. The number of nitrogens with zero attached hydrogens (tertiary/aromatic N) is 1. The third-order valence-corrected chi connectivity index (χ3v) is 5.19. The summed E-state index contributed by atoms with van der Waals surface area (Å²) in [6.07, 6.45) is 0. The minimum atomic E-state index is -0.675. The third kappa shape index (κ3) is 6.13. The van der Waals surface area contributed by atoms with Crippen LogP contribution in [0.25, 0.3) is 0 Å². The van der Waals surface area contributed by atoms with Crippen LogP contribution in [-0.4, -0.2) is 36.4 Å². The Kier molecular flexibility index (Phi) is 7.95. The Balaban J connectivity index is 2.14. The van der Waals surface area contributed by atoms with Crippen LogP contribution < -0.4 is 10.1 Å². The average molecular weight is 474 g/mol. The van der Waals surface area contributed by atoms with Gasteiger partial charge >= 0.3 is 0 Å². The van der Waals surface area contributed by atoms with E-state index in [4.69, 9.17) is 27.9 Å². The number of hydrogen-bond donors (Lipinski definition) is 1. The number of hydrogen-bond acceptors (Lipinski definition) is 3. The van der Waals surface area contributed by atoms with Crippen LogP contribution in [-0.2, 0) is 16.1 Å². The Morgan fingerprint density at radius 2 is 1.81 bits per heavy atom. The van der Waals surface area contributed by atoms with Crippen molar-refractivity contribution in [1.82, 2.24) is 10.2 Å². The van der Waals surface area contributed by atoms with Crippen molar-refractivity contribution in [3.05, 3.63) is 62.5 Å². The molecular weight excluding hydrogens is 455 g/mol. The molecule has 8 heteroatoms. The van der Waals surface area contributed by atoms with Crippen LogP contribution in [0.4, 0.5) is 0 Å². The maximum absolute atomic E-state index is 12.8. The second-order valence-corrected chi connectivity index (χ2v) is 7.53. The number of halogens is 3. The fourth-order valence-corrected chi connectivity index (χ4v) is 2.97. The standard InChI is InChI=1S/C19H19BrCl2N2O3/c1-12(19(26)23-2)24(10-13-3-8-16(21)17(22)9-13)18(25)11-27-15-6-4-14(20)5-7-15/h3-9,12H,10-11H2,1-2H3,(H,23,26)/t12-/m0/s1. The fourth-order valence-electron chi connectivity index (χ4n) is 2.39. The van der Waals surface area contributed by atoms with Crippen LogP contribution in [0.2, 0.25) is 10.0 Å². The molecular formula is C19H19BrCl2N2O3. The number of nitrogens with one attached hydrogen (secondary N) is 1. The van der Waals surface area contributed by atoms with Gasteiger partial charge in [-0.15, -0.1) is 0 Å². The third-order valence-electron chi connectivity index (χ3n) is 3.93. The Hall–Kier alpha value is -1.76. The summed E-state index contributed by atoms with van der Waals surface area (Å²) in [5.41, 5.74) is 0.761. The summed E-state index contributed by atoms with van der Waals surface area (Å²) in [7, 11) is 1.53. The summed E-state index contributed by atoms with van der Waals surface area (Å²) in [6, 6.07) is 11.6. The van der Waals surface area contributed by atoms with Crippen LogP contribution >= 0.6 is 39.1 Å². The van der Waals surface area contributed by atoms with Crippen molar-refractivity contribution in [3.63, 3.8) is 0 Å². The average Bonchev–Trinajstić information content (AvgIpc) is 2.67. The van der Waals surface area contributed by atoms with Crippen LogP contribution in [0.5, 0.6) is 5.75 Å². The molecule has 27 heavy (non-hydrogen) atoms. The molecule has 0 aromatic heterocycles. The van der Waals surface area contributed by atoms with Gasteiger partial charge in [0, 0.05) is 18.1 Å². The fraction of sp³-hybridized carbons (Fsp3) is 0.263. The van der Waals surface area contributed by atoms with Gasteiger partial charge in [0.15, 0.2) is 6.61 Å². The second-order valence-electron chi connectivity index (χ2n) is 5.80. The highest BCUT2D eigenvalue weighted by Crippen LogP contribution is 2.24. The van der Waals surface area contributed by atoms with Gasteiger partial charge in [-0.1, -0.05) is 45.2 Å². The van der Waals surface area contributed by atoms with Crippen LogP contribution in [0.3, 0.4) is 0 Å². The lowest BCUT2D eigenvalue weighted by Crippen LogP contribution is -2.48. The zero-order valence-corrected chi connectivity index (χ0v) is 17.9. The Morgan fingerprint density at radius 3 is 2.41 bits per heavy atom. The summed E-state index contributed by atoms with van der Waals surface area (Å²) in [4.78, 5) is 26.3.